The van der Waals surface area contributed by atoms with Crippen molar-refractivity contribution in [1.29, 1.82) is 0 Å². The van der Waals surface area contributed by atoms with Gasteiger partial charge >= 0.3 is 0 Å². The summed E-state index contributed by atoms with van der Waals surface area (Å²) in [6.45, 7) is 6.73. The second-order valence-electron chi connectivity index (χ2n) is 8.80. The van der Waals surface area contributed by atoms with Crippen LogP contribution in [-0.2, 0) is 19.2 Å². The van der Waals surface area contributed by atoms with Gasteiger partial charge in [0, 0.05) is 24.5 Å². The predicted molar refractivity (Wildman–Crippen MR) is 99.3 cm³/mol. The zero-order chi connectivity index (χ0) is 19.8. The van der Waals surface area contributed by atoms with E-state index in [0.29, 0.717) is 38.8 Å². The molecule has 7 nitrogen and oxygen atoms in total. The molecule has 2 aliphatic heterocycles. The van der Waals surface area contributed by atoms with Crippen LogP contribution in [0.5, 0.6) is 0 Å². The lowest BCUT2D eigenvalue weighted by atomic mass is 9.85. The number of nitrogens with zero attached hydrogens (tertiary/aromatic N) is 2. The molecule has 2 saturated heterocycles. The molecule has 0 radical (unpaired) electrons. The van der Waals surface area contributed by atoms with E-state index in [1.165, 1.54) is 0 Å². The van der Waals surface area contributed by atoms with E-state index in [1.807, 2.05) is 37.8 Å². The lowest BCUT2D eigenvalue weighted by Crippen LogP contribution is -2.51. The first-order chi connectivity index (χ1) is 12.7. The number of carbonyl (C=O) groups excluding carboxylic acids is 4. The summed E-state index contributed by atoms with van der Waals surface area (Å²) in [6.07, 6.45) is 6.39. The van der Waals surface area contributed by atoms with Gasteiger partial charge in [-0.3, -0.25) is 24.1 Å². The second kappa shape index (κ2) is 7.44. The van der Waals surface area contributed by atoms with E-state index in [9.17, 15) is 19.2 Å². The fourth-order valence-electron chi connectivity index (χ4n) is 4.14. The molecule has 0 aromatic rings. The van der Waals surface area contributed by atoms with Gasteiger partial charge in [0.15, 0.2) is 0 Å². The largest absolute Gasteiger partial charge is 0.352 e. The Labute approximate surface area is 160 Å². The Morgan fingerprint density at radius 3 is 2.04 bits per heavy atom. The summed E-state index contributed by atoms with van der Waals surface area (Å²) in [5.41, 5.74) is -0.405. The van der Waals surface area contributed by atoms with E-state index in [4.69, 9.17) is 0 Å². The summed E-state index contributed by atoms with van der Waals surface area (Å²) in [5, 5.41) is 2.93. The molecule has 3 aliphatic rings. The van der Waals surface area contributed by atoms with Gasteiger partial charge in [-0.2, -0.15) is 0 Å². The van der Waals surface area contributed by atoms with Crippen molar-refractivity contribution in [2.24, 2.45) is 17.3 Å². The van der Waals surface area contributed by atoms with Crippen LogP contribution in [0.25, 0.3) is 0 Å². The van der Waals surface area contributed by atoms with Crippen LogP contribution in [-0.4, -0.2) is 59.1 Å². The van der Waals surface area contributed by atoms with Crippen molar-refractivity contribution in [3.8, 4) is 0 Å². The van der Waals surface area contributed by atoms with E-state index >= 15 is 0 Å². The van der Waals surface area contributed by atoms with Gasteiger partial charge in [-0.05, 0) is 25.7 Å². The highest BCUT2D eigenvalue weighted by atomic mass is 16.2. The van der Waals surface area contributed by atoms with Crippen LogP contribution >= 0.6 is 0 Å². The summed E-state index contributed by atoms with van der Waals surface area (Å²) in [5.74, 6) is -1.24. The van der Waals surface area contributed by atoms with Crippen molar-refractivity contribution in [3.05, 3.63) is 12.2 Å². The standard InChI is InChI=1S/C20H29N3O4/c1-20(2,3)19(27)22-10-8-13(9-11-22)21-16(24)12-23-17(25)14-6-4-5-7-15(14)18(23)26/h4-5,13-15H,6-12H2,1-3H3,(H,21,24). The average molecular weight is 375 g/mol. The Morgan fingerprint density at radius 1 is 1.04 bits per heavy atom. The van der Waals surface area contributed by atoms with Gasteiger partial charge in [-0.15, -0.1) is 0 Å². The number of piperidine rings is 1. The Hall–Kier alpha value is -2.18. The maximum Gasteiger partial charge on any atom is 0.240 e. The highest BCUT2D eigenvalue weighted by Crippen LogP contribution is 2.34. The van der Waals surface area contributed by atoms with Crippen LogP contribution in [0.3, 0.4) is 0 Å². The number of hydrogen-bond acceptors (Lipinski definition) is 4. The van der Waals surface area contributed by atoms with Crippen LogP contribution in [0.1, 0.15) is 46.5 Å². The van der Waals surface area contributed by atoms with Crippen LogP contribution in [0, 0.1) is 17.3 Å². The third kappa shape index (κ3) is 4.06. The minimum Gasteiger partial charge on any atom is -0.352 e. The monoisotopic (exact) mass is 375 g/mol. The van der Waals surface area contributed by atoms with E-state index in [0.717, 1.165) is 4.90 Å². The molecule has 148 valence electrons. The van der Waals surface area contributed by atoms with Gasteiger partial charge in [-0.1, -0.05) is 32.9 Å². The number of fused-ring (bicyclic) bond motifs is 1. The van der Waals surface area contributed by atoms with Gasteiger partial charge in [0.25, 0.3) is 0 Å². The predicted octanol–water partition coefficient (Wildman–Crippen LogP) is 1.09. The first-order valence-electron chi connectivity index (χ1n) is 9.77. The van der Waals surface area contributed by atoms with Crippen molar-refractivity contribution < 1.29 is 19.2 Å². The molecule has 2 heterocycles. The number of nitrogens with one attached hydrogen (secondary N) is 1. The zero-order valence-corrected chi connectivity index (χ0v) is 16.4. The number of amides is 4. The quantitative estimate of drug-likeness (QED) is 0.591. The van der Waals surface area contributed by atoms with E-state index in [1.54, 1.807) is 0 Å². The minimum absolute atomic E-state index is 0.0294. The van der Waals surface area contributed by atoms with Crippen molar-refractivity contribution in [1.82, 2.24) is 15.1 Å². The van der Waals surface area contributed by atoms with Gasteiger partial charge in [0.05, 0.1) is 11.8 Å². The molecule has 1 aliphatic carbocycles. The number of carbonyl (C=O) groups is 4. The van der Waals surface area contributed by atoms with Gasteiger partial charge in [0.2, 0.25) is 23.6 Å². The maximum absolute atomic E-state index is 12.4. The van der Waals surface area contributed by atoms with Gasteiger partial charge in [0.1, 0.15) is 6.54 Å². The number of likely N-dealkylation sites (tertiary alicyclic amines) is 2. The summed E-state index contributed by atoms with van der Waals surface area (Å²) in [4.78, 5) is 52.5. The van der Waals surface area contributed by atoms with Crippen molar-refractivity contribution in [2.75, 3.05) is 19.6 Å². The maximum atomic E-state index is 12.4. The van der Waals surface area contributed by atoms with Crippen LogP contribution in [0.4, 0.5) is 0 Å². The highest BCUT2D eigenvalue weighted by Gasteiger charge is 2.47. The topological polar surface area (TPSA) is 86.8 Å². The molecule has 27 heavy (non-hydrogen) atoms. The first kappa shape index (κ1) is 19.6. The third-order valence-electron chi connectivity index (χ3n) is 5.69. The lowest BCUT2D eigenvalue weighted by molar-refractivity contribution is -0.144. The Balaban J connectivity index is 1.49. The SMILES string of the molecule is CC(C)(C)C(=O)N1CCC(NC(=O)CN2C(=O)C3CC=CCC3C2=O)CC1. The fraction of sp³-hybridized carbons (Fsp3) is 0.700. The van der Waals surface area contributed by atoms with Crippen molar-refractivity contribution >= 4 is 23.6 Å². The normalized spacial score (nSPS) is 26.3. The Bertz CT molecular complexity index is 645. The average Bonchev–Trinajstić information content (AvgIpc) is 2.86. The number of rotatable bonds is 3. The molecule has 0 bridgehead atoms. The van der Waals surface area contributed by atoms with Gasteiger partial charge in [-0.25, -0.2) is 0 Å². The second-order valence-corrected chi connectivity index (χ2v) is 8.80. The van der Waals surface area contributed by atoms with E-state index in [2.05, 4.69) is 5.32 Å². The molecule has 2 atom stereocenters. The molecular weight excluding hydrogens is 346 g/mol. The number of allylic oxidation sites excluding steroid dienone is 2. The molecule has 1 N–H and O–H groups in total. The molecule has 4 amide bonds. The molecule has 2 unspecified atom stereocenters. The molecule has 0 spiro atoms. The van der Waals surface area contributed by atoms with E-state index < -0.39 is 5.41 Å². The van der Waals surface area contributed by atoms with Crippen LogP contribution in [0.2, 0.25) is 0 Å². The lowest BCUT2D eigenvalue weighted by Gasteiger charge is -2.36. The third-order valence-corrected chi connectivity index (χ3v) is 5.69. The zero-order valence-electron chi connectivity index (χ0n) is 16.4. The smallest absolute Gasteiger partial charge is 0.240 e. The highest BCUT2D eigenvalue weighted by molar-refractivity contribution is 6.07. The number of imide groups is 1. The molecule has 0 aromatic carbocycles. The fourth-order valence-corrected chi connectivity index (χ4v) is 4.14. The van der Waals surface area contributed by atoms with E-state index in [-0.39, 0.29) is 48.1 Å². The van der Waals surface area contributed by atoms with Crippen LogP contribution in [0.15, 0.2) is 12.2 Å². The first-order valence-corrected chi connectivity index (χ1v) is 9.77. The van der Waals surface area contributed by atoms with Crippen molar-refractivity contribution in [2.45, 2.75) is 52.5 Å². The summed E-state index contributed by atoms with van der Waals surface area (Å²) < 4.78 is 0. The molecule has 7 heteroatoms. The molecule has 3 rings (SSSR count). The Morgan fingerprint density at radius 2 is 1.56 bits per heavy atom. The molecule has 0 saturated carbocycles. The van der Waals surface area contributed by atoms with Crippen molar-refractivity contribution in [3.63, 3.8) is 0 Å². The molecule has 0 aromatic heterocycles. The summed E-state index contributed by atoms with van der Waals surface area (Å²) in [7, 11) is 0. The number of hydrogen-bond donors (Lipinski definition) is 1. The van der Waals surface area contributed by atoms with Crippen LogP contribution < -0.4 is 5.32 Å². The molecular formula is C20H29N3O4. The van der Waals surface area contributed by atoms with Gasteiger partial charge < -0.3 is 10.2 Å². The minimum atomic E-state index is -0.405. The Kier molecular flexibility index (Phi) is 5.40. The molecule has 2 fully saturated rings. The summed E-state index contributed by atoms with van der Waals surface area (Å²) >= 11 is 0. The summed E-state index contributed by atoms with van der Waals surface area (Å²) in [6, 6.07) is -0.0294.